The fourth-order valence-electron chi connectivity index (χ4n) is 0.637. The normalized spacial score (nSPS) is 10.6. The van der Waals surface area contributed by atoms with E-state index in [9.17, 15) is 8.78 Å². The molecule has 0 aromatic carbocycles. The van der Waals surface area contributed by atoms with Gasteiger partial charge in [0.15, 0.2) is 0 Å². The molecule has 0 aliphatic carbocycles. The summed E-state index contributed by atoms with van der Waals surface area (Å²) in [6.45, 7) is -0.490. The first-order valence-corrected chi connectivity index (χ1v) is 3.48. The summed E-state index contributed by atoms with van der Waals surface area (Å²) in [7, 11) is 0. The van der Waals surface area contributed by atoms with Crippen LogP contribution in [0, 0.1) is 0 Å². The number of halogens is 2. The van der Waals surface area contributed by atoms with E-state index in [1.165, 1.54) is 6.33 Å². The Kier molecular flexibility index (Phi) is 2.64. The first kappa shape index (κ1) is 8.98. The highest BCUT2D eigenvalue weighted by Gasteiger charge is 2.07. The molecule has 1 aromatic rings. The minimum Gasteiger partial charge on any atom is -0.387 e. The lowest BCUT2D eigenvalue weighted by Gasteiger charge is -1.96. The molecule has 66 valence electrons. The van der Waals surface area contributed by atoms with Crippen molar-refractivity contribution >= 4 is 17.2 Å². The summed E-state index contributed by atoms with van der Waals surface area (Å²) >= 11 is 4.54. The highest BCUT2D eigenvalue weighted by molar-refractivity contribution is 7.80. The Morgan fingerprint density at radius 2 is 2.42 bits per heavy atom. The van der Waals surface area contributed by atoms with Crippen LogP contribution in [0.3, 0.4) is 0 Å². The van der Waals surface area contributed by atoms with Crippen LogP contribution in [0.25, 0.3) is 0 Å². The molecule has 0 unspecified atom stereocenters. The largest absolute Gasteiger partial charge is 0.387 e. The molecule has 1 rings (SSSR count). The second kappa shape index (κ2) is 3.53. The summed E-state index contributed by atoms with van der Waals surface area (Å²) in [5.74, 6) is 0.116. The molecule has 1 aromatic heterocycles. The highest BCUT2D eigenvalue weighted by atomic mass is 32.1. The summed E-state index contributed by atoms with van der Waals surface area (Å²) in [6, 6.07) is 0. The summed E-state index contributed by atoms with van der Waals surface area (Å²) in [5.41, 5.74) is 5.16. The molecule has 0 fully saturated rings. The average molecular weight is 192 g/mol. The van der Waals surface area contributed by atoms with Crippen LogP contribution in [0.1, 0.15) is 5.82 Å². The van der Waals surface area contributed by atoms with E-state index < -0.39 is 13.0 Å². The van der Waals surface area contributed by atoms with Gasteiger partial charge in [-0.2, -0.15) is 0 Å². The van der Waals surface area contributed by atoms with Gasteiger partial charge in [-0.1, -0.05) is 12.2 Å². The lowest BCUT2D eigenvalue weighted by atomic mass is 10.6. The topological polar surface area (TPSA) is 56.7 Å². The van der Waals surface area contributed by atoms with Crippen molar-refractivity contribution in [1.82, 2.24) is 14.8 Å². The molecule has 7 heteroatoms. The summed E-state index contributed by atoms with van der Waals surface area (Å²) in [5, 5.41) is 3.61. The molecule has 4 nitrogen and oxygen atoms in total. The first-order valence-electron chi connectivity index (χ1n) is 3.07. The summed E-state index contributed by atoms with van der Waals surface area (Å²) in [6.07, 6.45) is -1.29. The number of nitrogens with zero attached hydrogens (tertiary/aromatic N) is 3. The molecule has 0 saturated carbocycles. The van der Waals surface area contributed by atoms with E-state index in [4.69, 9.17) is 5.73 Å². The maximum absolute atomic E-state index is 11.8. The fraction of sp³-hybridized carbons (Fsp3) is 0.400. The van der Waals surface area contributed by atoms with Crippen LogP contribution in [0.5, 0.6) is 0 Å². The van der Waals surface area contributed by atoms with Gasteiger partial charge in [0.25, 0.3) is 6.43 Å². The van der Waals surface area contributed by atoms with Gasteiger partial charge >= 0.3 is 0 Å². The molecule has 0 aliphatic heterocycles. The Labute approximate surface area is 72.4 Å². The van der Waals surface area contributed by atoms with Crippen LogP contribution >= 0.6 is 12.2 Å². The average Bonchev–Trinajstić information content (AvgIpc) is 2.34. The fourth-order valence-corrected chi connectivity index (χ4v) is 0.730. The van der Waals surface area contributed by atoms with Crippen LogP contribution in [0.4, 0.5) is 8.78 Å². The molecule has 0 spiro atoms. The van der Waals surface area contributed by atoms with Crippen molar-refractivity contribution in [2.45, 2.75) is 13.0 Å². The molecule has 2 N–H and O–H groups in total. The van der Waals surface area contributed by atoms with Crippen LogP contribution in [0.2, 0.25) is 0 Å². The van der Waals surface area contributed by atoms with Gasteiger partial charge in [-0.05, 0) is 0 Å². The van der Waals surface area contributed by atoms with Crippen LogP contribution in [0.15, 0.2) is 6.33 Å². The van der Waals surface area contributed by atoms with Crippen molar-refractivity contribution in [2.24, 2.45) is 5.73 Å². The monoisotopic (exact) mass is 192 g/mol. The quantitative estimate of drug-likeness (QED) is 0.694. The van der Waals surface area contributed by atoms with Gasteiger partial charge in [0, 0.05) is 0 Å². The van der Waals surface area contributed by atoms with E-state index in [1.54, 1.807) is 0 Å². The van der Waals surface area contributed by atoms with E-state index in [2.05, 4.69) is 22.3 Å². The Hall–Kier alpha value is -1.11. The maximum Gasteiger partial charge on any atom is 0.257 e. The molecule has 0 amide bonds. The third kappa shape index (κ3) is 2.19. The van der Waals surface area contributed by atoms with Gasteiger partial charge in [-0.25, -0.2) is 18.4 Å². The van der Waals surface area contributed by atoms with Gasteiger partial charge in [-0.3, -0.25) is 0 Å². The smallest absolute Gasteiger partial charge is 0.257 e. The second-order valence-electron chi connectivity index (χ2n) is 2.05. The zero-order chi connectivity index (χ0) is 9.14. The number of hydrogen-bond acceptors (Lipinski definition) is 3. The number of hydrogen-bond donors (Lipinski definition) is 1. The minimum absolute atomic E-state index is 0.00279. The molecule has 0 aliphatic rings. The number of alkyl halides is 2. The molecule has 0 bridgehead atoms. The molecule has 0 radical (unpaired) electrons. The lowest BCUT2D eigenvalue weighted by molar-refractivity contribution is 0.121. The van der Waals surface area contributed by atoms with Crippen LogP contribution < -0.4 is 5.73 Å². The Balaban J connectivity index is 2.71. The number of aromatic nitrogens is 3. The zero-order valence-electron chi connectivity index (χ0n) is 5.94. The Morgan fingerprint density at radius 3 is 2.83 bits per heavy atom. The molecule has 0 saturated heterocycles. The number of nitrogens with two attached hydrogens (primary N) is 1. The summed E-state index contributed by atoms with van der Waals surface area (Å²) in [4.78, 5) is 3.62. The van der Waals surface area contributed by atoms with Gasteiger partial charge in [0.2, 0.25) is 5.82 Å². The van der Waals surface area contributed by atoms with Gasteiger partial charge < -0.3 is 5.73 Å². The van der Waals surface area contributed by atoms with Crippen molar-refractivity contribution in [3.8, 4) is 0 Å². The molecular formula is C5H6F2N4S. The van der Waals surface area contributed by atoms with Crippen molar-refractivity contribution < 1.29 is 8.78 Å². The third-order valence-corrected chi connectivity index (χ3v) is 1.26. The maximum atomic E-state index is 11.8. The minimum atomic E-state index is -2.45. The Bertz CT molecular complexity index is 285. The van der Waals surface area contributed by atoms with E-state index in [0.29, 0.717) is 0 Å². The van der Waals surface area contributed by atoms with Crippen molar-refractivity contribution in [1.29, 1.82) is 0 Å². The first-order chi connectivity index (χ1) is 5.59. The predicted molar refractivity (Wildman–Crippen MR) is 41.9 cm³/mol. The SMILES string of the molecule is NC(=S)c1ncn(CC(F)F)n1. The highest BCUT2D eigenvalue weighted by Crippen LogP contribution is 1.97. The molecule has 0 atom stereocenters. The van der Waals surface area contributed by atoms with E-state index >= 15 is 0 Å². The lowest BCUT2D eigenvalue weighted by Crippen LogP contribution is -2.13. The van der Waals surface area contributed by atoms with E-state index in [0.717, 1.165) is 4.68 Å². The van der Waals surface area contributed by atoms with Crippen LogP contribution in [-0.4, -0.2) is 26.2 Å². The zero-order valence-corrected chi connectivity index (χ0v) is 6.76. The van der Waals surface area contributed by atoms with Crippen LogP contribution in [-0.2, 0) is 6.54 Å². The van der Waals surface area contributed by atoms with Gasteiger partial charge in [-0.15, -0.1) is 5.10 Å². The van der Waals surface area contributed by atoms with E-state index in [-0.39, 0.29) is 10.8 Å². The van der Waals surface area contributed by atoms with Gasteiger partial charge in [0.05, 0.1) is 0 Å². The predicted octanol–water partition coefficient (Wildman–Crippen LogP) is 0.177. The molecule has 12 heavy (non-hydrogen) atoms. The second-order valence-corrected chi connectivity index (χ2v) is 2.49. The Morgan fingerprint density at radius 1 is 1.75 bits per heavy atom. The number of rotatable bonds is 3. The summed E-state index contributed by atoms with van der Waals surface area (Å²) < 4.78 is 24.6. The van der Waals surface area contributed by atoms with Crippen molar-refractivity contribution in [3.05, 3.63) is 12.2 Å². The number of thiocarbonyl (C=S) groups is 1. The van der Waals surface area contributed by atoms with Crippen molar-refractivity contribution in [3.63, 3.8) is 0 Å². The molecular weight excluding hydrogens is 186 g/mol. The van der Waals surface area contributed by atoms with Gasteiger partial charge in [0.1, 0.15) is 17.9 Å². The third-order valence-electron chi connectivity index (χ3n) is 1.08. The van der Waals surface area contributed by atoms with E-state index in [1.807, 2.05) is 0 Å². The van der Waals surface area contributed by atoms with Crippen molar-refractivity contribution in [2.75, 3.05) is 0 Å². The standard InChI is InChI=1S/C5H6F2N4S/c6-3(7)1-11-2-9-5(10-11)4(8)12/h2-3H,1H2,(H2,8,12). The molecule has 1 heterocycles.